The molecule has 1 N–H and O–H groups in total. The lowest BCUT2D eigenvalue weighted by atomic mass is 10.1. The van der Waals surface area contributed by atoms with E-state index >= 15 is 0 Å². The Labute approximate surface area is 188 Å². The second-order valence-electron chi connectivity index (χ2n) is 7.09. The molecule has 4 rings (SSSR count). The van der Waals surface area contributed by atoms with E-state index in [-0.39, 0.29) is 16.5 Å². The fourth-order valence-electron chi connectivity index (χ4n) is 3.34. The summed E-state index contributed by atoms with van der Waals surface area (Å²) in [5.74, 6) is -0.926. The molecular formula is C24H18FN5OS. The van der Waals surface area contributed by atoms with Gasteiger partial charge >= 0.3 is 0 Å². The average Bonchev–Trinajstić information content (AvgIpc) is 3.42. The van der Waals surface area contributed by atoms with E-state index in [1.165, 1.54) is 12.1 Å². The average molecular weight is 444 g/mol. The van der Waals surface area contributed by atoms with Gasteiger partial charge in [0.25, 0.3) is 5.91 Å². The number of carbonyl (C=O) groups excluding carboxylic acids is 1. The van der Waals surface area contributed by atoms with Gasteiger partial charge in [0.1, 0.15) is 22.5 Å². The molecule has 0 fully saturated rings. The minimum Gasteiger partial charge on any atom is -0.317 e. The molecule has 1 amide bonds. The fourth-order valence-corrected chi connectivity index (χ4v) is 4.09. The third-order valence-electron chi connectivity index (χ3n) is 4.85. The summed E-state index contributed by atoms with van der Waals surface area (Å²) < 4.78 is 15.1. The Morgan fingerprint density at radius 1 is 1.09 bits per heavy atom. The molecule has 6 nitrogen and oxygen atoms in total. The number of aromatic nitrogens is 3. The van der Waals surface area contributed by atoms with Crippen molar-refractivity contribution in [3.05, 3.63) is 89.0 Å². The third kappa shape index (κ3) is 4.33. The Hall–Kier alpha value is -4.09. The van der Waals surface area contributed by atoms with Crippen molar-refractivity contribution < 1.29 is 9.18 Å². The number of nitrogens with zero attached hydrogens (tertiary/aromatic N) is 4. The minimum absolute atomic E-state index is 0.0604. The Morgan fingerprint density at radius 2 is 1.81 bits per heavy atom. The van der Waals surface area contributed by atoms with Crippen LogP contribution < -0.4 is 5.32 Å². The quantitative estimate of drug-likeness (QED) is 0.335. The molecule has 0 aliphatic heterocycles. The molecule has 0 unspecified atom stereocenters. The highest BCUT2D eigenvalue weighted by Gasteiger charge is 2.15. The zero-order chi connectivity index (χ0) is 22.7. The molecule has 2 aromatic heterocycles. The summed E-state index contributed by atoms with van der Waals surface area (Å²) in [6.45, 7) is 4.03. The van der Waals surface area contributed by atoms with Gasteiger partial charge in [0.05, 0.1) is 5.69 Å². The Morgan fingerprint density at radius 3 is 2.50 bits per heavy atom. The van der Waals surface area contributed by atoms with E-state index in [2.05, 4.69) is 15.5 Å². The van der Waals surface area contributed by atoms with Crippen molar-refractivity contribution in [3.63, 3.8) is 0 Å². The third-order valence-corrected chi connectivity index (χ3v) is 5.74. The predicted octanol–water partition coefficient (Wildman–Crippen LogP) is 5.30. The first-order valence-electron chi connectivity index (χ1n) is 9.73. The van der Waals surface area contributed by atoms with Crippen LogP contribution in [0.2, 0.25) is 0 Å². The Bertz CT molecular complexity index is 1340. The molecule has 2 aromatic carbocycles. The maximum absolute atomic E-state index is 13.1. The van der Waals surface area contributed by atoms with Crippen LogP contribution in [0.1, 0.15) is 16.8 Å². The summed E-state index contributed by atoms with van der Waals surface area (Å²) >= 11 is 1.14. The number of aryl methyl sites for hydroxylation is 2. The van der Waals surface area contributed by atoms with Gasteiger partial charge in [-0.2, -0.15) is 5.26 Å². The number of amides is 1. The molecule has 8 heteroatoms. The van der Waals surface area contributed by atoms with Gasteiger partial charge in [-0.3, -0.25) is 10.1 Å². The molecule has 158 valence electrons. The van der Waals surface area contributed by atoms with Crippen molar-refractivity contribution in [2.75, 3.05) is 5.32 Å². The van der Waals surface area contributed by atoms with Gasteiger partial charge in [0.2, 0.25) is 5.13 Å². The molecule has 0 aliphatic rings. The molecule has 0 saturated carbocycles. The van der Waals surface area contributed by atoms with Crippen LogP contribution in [0, 0.1) is 31.0 Å². The number of para-hydroxylation sites is 1. The molecular weight excluding hydrogens is 425 g/mol. The van der Waals surface area contributed by atoms with E-state index in [0.29, 0.717) is 16.3 Å². The van der Waals surface area contributed by atoms with Crippen LogP contribution in [0.4, 0.5) is 9.52 Å². The monoisotopic (exact) mass is 443 g/mol. The van der Waals surface area contributed by atoms with Crippen LogP contribution in [0.5, 0.6) is 0 Å². The minimum atomic E-state index is -0.580. The maximum atomic E-state index is 13.1. The van der Waals surface area contributed by atoms with E-state index < -0.39 is 5.91 Å². The summed E-state index contributed by atoms with van der Waals surface area (Å²) in [6.07, 6.45) is 3.44. The topological polar surface area (TPSA) is 83.6 Å². The number of nitriles is 1. The van der Waals surface area contributed by atoms with Crippen molar-refractivity contribution in [1.29, 1.82) is 5.26 Å². The Kier molecular flexibility index (Phi) is 5.92. The highest BCUT2D eigenvalue weighted by Crippen LogP contribution is 2.27. The largest absolute Gasteiger partial charge is 0.317 e. The summed E-state index contributed by atoms with van der Waals surface area (Å²) in [6, 6.07) is 17.5. The molecule has 32 heavy (non-hydrogen) atoms. The first-order valence-corrected chi connectivity index (χ1v) is 10.5. The van der Waals surface area contributed by atoms with Crippen LogP contribution in [0.25, 0.3) is 22.3 Å². The van der Waals surface area contributed by atoms with Gasteiger partial charge in [-0.25, -0.2) is 4.39 Å². The van der Waals surface area contributed by atoms with Crippen LogP contribution in [0.15, 0.2) is 66.4 Å². The molecule has 0 bridgehead atoms. The van der Waals surface area contributed by atoms with Crippen molar-refractivity contribution in [1.82, 2.24) is 14.8 Å². The highest BCUT2D eigenvalue weighted by molar-refractivity contribution is 7.18. The van der Waals surface area contributed by atoms with E-state index in [1.807, 2.05) is 61.0 Å². The lowest BCUT2D eigenvalue weighted by Gasteiger charge is -2.13. The smallest absolute Gasteiger partial charge is 0.268 e. The van der Waals surface area contributed by atoms with Crippen molar-refractivity contribution >= 4 is 28.5 Å². The number of hydrogen-bond donors (Lipinski definition) is 1. The van der Waals surface area contributed by atoms with Gasteiger partial charge in [-0.15, -0.1) is 10.2 Å². The number of rotatable bonds is 5. The summed E-state index contributed by atoms with van der Waals surface area (Å²) in [5.41, 5.74) is 4.51. The van der Waals surface area contributed by atoms with Crippen molar-refractivity contribution in [3.8, 4) is 22.3 Å². The van der Waals surface area contributed by atoms with Crippen LogP contribution in [-0.4, -0.2) is 20.7 Å². The number of anilines is 1. The number of nitrogens with one attached hydrogen (secondary N) is 1. The van der Waals surface area contributed by atoms with E-state index in [9.17, 15) is 14.4 Å². The van der Waals surface area contributed by atoms with E-state index in [1.54, 1.807) is 18.2 Å². The van der Waals surface area contributed by atoms with E-state index in [4.69, 9.17) is 0 Å². The maximum Gasteiger partial charge on any atom is 0.268 e. The zero-order valence-electron chi connectivity index (χ0n) is 17.3. The van der Waals surface area contributed by atoms with Gasteiger partial charge in [0.15, 0.2) is 0 Å². The van der Waals surface area contributed by atoms with Gasteiger partial charge < -0.3 is 4.57 Å². The number of hydrogen-bond acceptors (Lipinski definition) is 5. The standard InChI is InChI=1S/C24H18FN5OS/c1-15-5-3-6-16(2)21(15)30-12-4-7-20(30)13-18(14-26)22(31)27-24-29-28-23(32-24)17-8-10-19(25)11-9-17/h3-13H,1-2H3,(H,27,29,31)/b18-13-. The number of benzene rings is 2. The van der Waals surface area contributed by atoms with Crippen LogP contribution in [-0.2, 0) is 4.79 Å². The highest BCUT2D eigenvalue weighted by atomic mass is 32.1. The van der Waals surface area contributed by atoms with Crippen LogP contribution in [0.3, 0.4) is 0 Å². The molecule has 0 spiro atoms. The van der Waals surface area contributed by atoms with Crippen LogP contribution >= 0.6 is 11.3 Å². The summed E-state index contributed by atoms with van der Waals surface area (Å²) in [4.78, 5) is 12.7. The molecule has 2 heterocycles. The van der Waals surface area contributed by atoms with Crippen molar-refractivity contribution in [2.24, 2.45) is 0 Å². The second-order valence-corrected chi connectivity index (χ2v) is 8.06. The molecule has 0 saturated heterocycles. The first kappa shape index (κ1) is 21.2. The molecule has 0 radical (unpaired) electrons. The van der Waals surface area contributed by atoms with Gasteiger partial charge in [0, 0.05) is 17.5 Å². The van der Waals surface area contributed by atoms with Gasteiger partial charge in [-0.05, 0) is 67.4 Å². The molecule has 0 aliphatic carbocycles. The summed E-state index contributed by atoms with van der Waals surface area (Å²) in [7, 11) is 0. The number of carbonyl (C=O) groups is 1. The first-order chi connectivity index (χ1) is 15.5. The SMILES string of the molecule is Cc1cccc(C)c1-n1cccc1/C=C(/C#N)C(=O)Nc1nnc(-c2ccc(F)cc2)s1. The predicted molar refractivity (Wildman–Crippen MR) is 123 cm³/mol. The Balaban J connectivity index is 1.58. The van der Waals surface area contributed by atoms with Crippen molar-refractivity contribution in [2.45, 2.75) is 13.8 Å². The molecule has 0 atom stereocenters. The summed E-state index contributed by atoms with van der Waals surface area (Å²) in [5, 5.41) is 21.0. The molecule has 4 aromatic rings. The lowest BCUT2D eigenvalue weighted by molar-refractivity contribution is -0.112. The second kappa shape index (κ2) is 8.96. The lowest BCUT2D eigenvalue weighted by Crippen LogP contribution is -2.13. The van der Waals surface area contributed by atoms with Gasteiger partial charge in [-0.1, -0.05) is 29.5 Å². The fraction of sp³-hybridized carbons (Fsp3) is 0.0833. The number of halogens is 1. The normalized spacial score (nSPS) is 11.2. The zero-order valence-corrected chi connectivity index (χ0v) is 18.2. The van der Waals surface area contributed by atoms with E-state index in [0.717, 1.165) is 28.2 Å².